The molecule has 2 aromatic carbocycles. The van der Waals surface area contributed by atoms with Crippen LogP contribution in [0.2, 0.25) is 5.02 Å². The molecule has 0 aliphatic rings. The van der Waals surface area contributed by atoms with Crippen molar-refractivity contribution in [2.75, 3.05) is 7.11 Å². The molecule has 2 amide bonds. The third-order valence-electron chi connectivity index (χ3n) is 3.75. The van der Waals surface area contributed by atoms with E-state index in [0.29, 0.717) is 23.0 Å². The quantitative estimate of drug-likeness (QED) is 0.600. The van der Waals surface area contributed by atoms with Crippen LogP contribution in [0.15, 0.2) is 42.5 Å². The van der Waals surface area contributed by atoms with Crippen LogP contribution in [0.3, 0.4) is 0 Å². The van der Waals surface area contributed by atoms with E-state index < -0.39 is 5.91 Å². The molecular weight excluding hydrogens is 356 g/mol. The van der Waals surface area contributed by atoms with E-state index >= 15 is 0 Å². The second-order valence-electron chi connectivity index (χ2n) is 5.55. The van der Waals surface area contributed by atoms with Gasteiger partial charge in [0.25, 0.3) is 5.91 Å². The lowest BCUT2D eigenvalue weighted by atomic mass is 10.2. The molecule has 7 nitrogen and oxygen atoms in total. The van der Waals surface area contributed by atoms with Crippen LogP contribution in [0.1, 0.15) is 22.6 Å². The SMILES string of the molecule is COc1cc(Cl)ccc1C(=O)NNC(=O)CCc1nc2ccccc2[nH]1. The number of hydrazine groups is 1. The fraction of sp³-hybridized carbons (Fsp3) is 0.167. The molecule has 26 heavy (non-hydrogen) atoms. The molecule has 0 atom stereocenters. The summed E-state index contributed by atoms with van der Waals surface area (Å²) in [5.41, 5.74) is 6.79. The molecule has 1 heterocycles. The Kier molecular flexibility index (Phi) is 5.38. The minimum absolute atomic E-state index is 0.178. The molecule has 0 aliphatic heterocycles. The molecule has 0 spiro atoms. The predicted octanol–water partition coefficient (Wildman–Crippen LogP) is 2.62. The van der Waals surface area contributed by atoms with Crippen LogP contribution in [0.25, 0.3) is 11.0 Å². The first-order valence-electron chi connectivity index (χ1n) is 7.93. The molecule has 3 aromatic rings. The van der Waals surface area contributed by atoms with Crippen molar-refractivity contribution in [2.24, 2.45) is 0 Å². The highest BCUT2D eigenvalue weighted by molar-refractivity contribution is 6.30. The summed E-state index contributed by atoms with van der Waals surface area (Å²) in [4.78, 5) is 31.7. The Labute approximate surface area is 154 Å². The van der Waals surface area contributed by atoms with Gasteiger partial charge in [0.05, 0.1) is 23.7 Å². The summed E-state index contributed by atoms with van der Waals surface area (Å²) >= 11 is 5.87. The molecule has 3 rings (SSSR count). The van der Waals surface area contributed by atoms with Crippen molar-refractivity contribution in [3.63, 3.8) is 0 Å². The lowest BCUT2D eigenvalue weighted by Crippen LogP contribution is -2.41. The first kappa shape index (κ1) is 17.8. The van der Waals surface area contributed by atoms with Gasteiger partial charge in [-0.15, -0.1) is 0 Å². The van der Waals surface area contributed by atoms with E-state index in [1.165, 1.54) is 19.2 Å². The van der Waals surface area contributed by atoms with E-state index in [2.05, 4.69) is 20.8 Å². The normalized spacial score (nSPS) is 10.5. The van der Waals surface area contributed by atoms with Crippen molar-refractivity contribution in [3.8, 4) is 5.75 Å². The molecule has 0 saturated carbocycles. The summed E-state index contributed by atoms with van der Waals surface area (Å²) in [5.74, 6) is 0.223. The smallest absolute Gasteiger partial charge is 0.273 e. The van der Waals surface area contributed by atoms with E-state index in [4.69, 9.17) is 16.3 Å². The molecule has 0 fully saturated rings. The molecule has 0 saturated heterocycles. The lowest BCUT2D eigenvalue weighted by molar-refractivity contribution is -0.121. The van der Waals surface area contributed by atoms with E-state index in [9.17, 15) is 9.59 Å². The number of benzene rings is 2. The van der Waals surface area contributed by atoms with Gasteiger partial charge in [0.15, 0.2) is 0 Å². The molecule has 0 bridgehead atoms. The summed E-state index contributed by atoms with van der Waals surface area (Å²) < 4.78 is 5.12. The maximum atomic E-state index is 12.2. The van der Waals surface area contributed by atoms with Gasteiger partial charge in [-0.25, -0.2) is 4.98 Å². The molecule has 8 heteroatoms. The van der Waals surface area contributed by atoms with Gasteiger partial charge in [0.2, 0.25) is 5.91 Å². The van der Waals surface area contributed by atoms with Crippen molar-refractivity contribution < 1.29 is 14.3 Å². The Morgan fingerprint density at radius 3 is 2.77 bits per heavy atom. The Morgan fingerprint density at radius 2 is 2.00 bits per heavy atom. The van der Waals surface area contributed by atoms with E-state index in [0.717, 1.165) is 11.0 Å². The fourth-order valence-corrected chi connectivity index (χ4v) is 2.63. The number of nitrogens with zero attached hydrogens (tertiary/aromatic N) is 1. The largest absolute Gasteiger partial charge is 0.496 e. The number of amides is 2. The van der Waals surface area contributed by atoms with Gasteiger partial charge in [-0.2, -0.15) is 0 Å². The van der Waals surface area contributed by atoms with Gasteiger partial charge >= 0.3 is 0 Å². The number of imidazole rings is 1. The van der Waals surface area contributed by atoms with E-state index in [1.54, 1.807) is 6.07 Å². The summed E-state index contributed by atoms with van der Waals surface area (Å²) in [7, 11) is 1.44. The van der Waals surface area contributed by atoms with Gasteiger partial charge in [-0.05, 0) is 30.3 Å². The molecule has 134 valence electrons. The van der Waals surface area contributed by atoms with Crippen LogP contribution in [-0.4, -0.2) is 28.9 Å². The van der Waals surface area contributed by atoms with E-state index in [1.807, 2.05) is 24.3 Å². The Morgan fingerprint density at radius 1 is 1.19 bits per heavy atom. The van der Waals surface area contributed by atoms with Crippen molar-refractivity contribution in [3.05, 3.63) is 58.9 Å². The fourth-order valence-electron chi connectivity index (χ4n) is 2.46. The number of hydrogen-bond acceptors (Lipinski definition) is 4. The second-order valence-corrected chi connectivity index (χ2v) is 5.98. The second kappa shape index (κ2) is 7.88. The van der Waals surface area contributed by atoms with Gasteiger partial charge in [-0.3, -0.25) is 20.4 Å². The average Bonchev–Trinajstić information content (AvgIpc) is 3.07. The van der Waals surface area contributed by atoms with Gasteiger partial charge in [0.1, 0.15) is 11.6 Å². The number of aromatic amines is 1. The van der Waals surface area contributed by atoms with Gasteiger partial charge in [0, 0.05) is 17.9 Å². The average molecular weight is 373 g/mol. The zero-order valence-electron chi connectivity index (χ0n) is 14.0. The number of H-pyrrole nitrogens is 1. The minimum atomic E-state index is -0.490. The number of hydrogen-bond donors (Lipinski definition) is 3. The summed E-state index contributed by atoms with van der Waals surface area (Å²) in [6.45, 7) is 0. The van der Waals surface area contributed by atoms with Crippen LogP contribution in [-0.2, 0) is 11.2 Å². The highest BCUT2D eigenvalue weighted by Crippen LogP contribution is 2.22. The molecule has 0 aliphatic carbocycles. The molecule has 0 radical (unpaired) electrons. The number of fused-ring (bicyclic) bond motifs is 1. The van der Waals surface area contributed by atoms with E-state index in [-0.39, 0.29) is 17.9 Å². The number of carbonyl (C=O) groups excluding carboxylic acids is 2. The molecular formula is C18H17ClN4O3. The van der Waals surface area contributed by atoms with Crippen LogP contribution >= 0.6 is 11.6 Å². The van der Waals surface area contributed by atoms with Gasteiger partial charge < -0.3 is 9.72 Å². The first-order valence-corrected chi connectivity index (χ1v) is 8.31. The monoisotopic (exact) mass is 372 g/mol. The Hall–Kier alpha value is -3.06. The number of nitrogens with one attached hydrogen (secondary N) is 3. The highest BCUT2D eigenvalue weighted by Gasteiger charge is 2.14. The first-order chi connectivity index (χ1) is 12.6. The summed E-state index contributed by atoms with van der Waals surface area (Å²) in [5, 5.41) is 0.452. The minimum Gasteiger partial charge on any atom is -0.496 e. The number of ether oxygens (including phenoxy) is 1. The van der Waals surface area contributed by atoms with Crippen LogP contribution < -0.4 is 15.6 Å². The standard InChI is InChI=1S/C18H17ClN4O3/c1-26-15-10-11(19)6-7-12(15)18(25)23-22-17(24)9-8-16-20-13-4-2-3-5-14(13)21-16/h2-7,10H,8-9H2,1H3,(H,20,21)(H,22,24)(H,23,25). The van der Waals surface area contributed by atoms with Crippen molar-refractivity contribution in [2.45, 2.75) is 12.8 Å². The molecule has 1 aromatic heterocycles. The topological polar surface area (TPSA) is 96.1 Å². The van der Waals surface area contributed by atoms with Crippen molar-refractivity contribution in [1.29, 1.82) is 0 Å². The number of halogens is 1. The Bertz CT molecular complexity index is 922. The zero-order valence-corrected chi connectivity index (χ0v) is 14.8. The molecule has 3 N–H and O–H groups in total. The number of carbonyl (C=O) groups is 2. The van der Waals surface area contributed by atoms with Crippen LogP contribution in [0.5, 0.6) is 5.75 Å². The number of para-hydroxylation sites is 2. The maximum absolute atomic E-state index is 12.2. The number of aryl methyl sites for hydroxylation is 1. The summed E-state index contributed by atoms with van der Waals surface area (Å²) in [6.07, 6.45) is 0.610. The zero-order chi connectivity index (χ0) is 18.5. The van der Waals surface area contributed by atoms with Gasteiger partial charge in [-0.1, -0.05) is 23.7 Å². The number of aromatic nitrogens is 2. The number of rotatable bonds is 5. The number of methoxy groups -OCH3 is 1. The lowest BCUT2D eigenvalue weighted by Gasteiger charge is -2.10. The Balaban J connectivity index is 1.53. The third-order valence-corrected chi connectivity index (χ3v) is 3.99. The highest BCUT2D eigenvalue weighted by atomic mass is 35.5. The van der Waals surface area contributed by atoms with Crippen molar-refractivity contribution >= 4 is 34.4 Å². The third kappa shape index (κ3) is 4.12. The maximum Gasteiger partial charge on any atom is 0.273 e. The predicted molar refractivity (Wildman–Crippen MR) is 98.0 cm³/mol. The van der Waals surface area contributed by atoms with Crippen molar-refractivity contribution in [1.82, 2.24) is 20.8 Å². The summed E-state index contributed by atoms with van der Waals surface area (Å²) in [6, 6.07) is 12.3. The molecule has 0 unspecified atom stereocenters. The van der Waals surface area contributed by atoms with Crippen LogP contribution in [0.4, 0.5) is 0 Å². The van der Waals surface area contributed by atoms with Crippen LogP contribution in [0, 0.1) is 0 Å².